The Bertz CT molecular complexity index is 280. The minimum Gasteiger partial charge on any atom is -0.508 e. The Balaban J connectivity index is 3.19. The smallest absolute Gasteiger partial charge is 0.111 e. The zero-order valence-electron chi connectivity index (χ0n) is 10.9. The maximum atomic E-state index is 9.45. The van der Waals surface area contributed by atoms with Gasteiger partial charge in [-0.3, -0.25) is 0 Å². The molecule has 1 heteroatoms. The van der Waals surface area contributed by atoms with E-state index in [0.717, 1.165) is 6.42 Å². The first kappa shape index (κ1) is 12.4. The molecule has 15 heavy (non-hydrogen) atoms. The quantitative estimate of drug-likeness (QED) is 0.623. The SMILES string of the molecule is CC(C)(C)C1(C(C)(C)C)C=CC(O)=CC1. The Morgan fingerprint density at radius 3 is 1.80 bits per heavy atom. The lowest BCUT2D eigenvalue weighted by molar-refractivity contribution is 0.0176. The predicted molar refractivity (Wildman–Crippen MR) is 65.8 cm³/mol. The molecule has 0 radical (unpaired) electrons. The highest BCUT2D eigenvalue weighted by Gasteiger charge is 2.48. The normalized spacial score (nSPS) is 21.3. The summed E-state index contributed by atoms with van der Waals surface area (Å²) in [6.45, 7) is 13.7. The molecule has 0 aromatic rings. The minimum atomic E-state index is 0.117. The van der Waals surface area contributed by atoms with Gasteiger partial charge in [-0.1, -0.05) is 47.6 Å². The van der Waals surface area contributed by atoms with E-state index in [9.17, 15) is 5.11 Å². The van der Waals surface area contributed by atoms with Gasteiger partial charge >= 0.3 is 0 Å². The molecular formula is C14H24O. The summed E-state index contributed by atoms with van der Waals surface area (Å²) in [5.41, 5.74) is 0.504. The lowest BCUT2D eigenvalue weighted by atomic mass is 9.52. The molecule has 1 aliphatic carbocycles. The van der Waals surface area contributed by atoms with E-state index >= 15 is 0 Å². The van der Waals surface area contributed by atoms with Crippen molar-refractivity contribution in [1.29, 1.82) is 0 Å². The van der Waals surface area contributed by atoms with Gasteiger partial charge in [-0.25, -0.2) is 0 Å². The molecule has 0 heterocycles. The van der Waals surface area contributed by atoms with Crippen molar-refractivity contribution in [2.45, 2.75) is 48.0 Å². The summed E-state index contributed by atoms with van der Waals surface area (Å²) >= 11 is 0. The molecule has 1 N–H and O–H groups in total. The van der Waals surface area contributed by atoms with Crippen LogP contribution in [0.25, 0.3) is 0 Å². The number of aliphatic hydroxyl groups is 1. The van der Waals surface area contributed by atoms with Gasteiger partial charge < -0.3 is 5.11 Å². The summed E-state index contributed by atoms with van der Waals surface area (Å²) in [4.78, 5) is 0. The second-order valence-corrected chi connectivity index (χ2v) is 6.64. The molecule has 1 rings (SSSR count). The molecule has 86 valence electrons. The van der Waals surface area contributed by atoms with Gasteiger partial charge in [0.25, 0.3) is 0 Å². The van der Waals surface area contributed by atoms with E-state index in [1.54, 1.807) is 0 Å². The van der Waals surface area contributed by atoms with E-state index in [4.69, 9.17) is 0 Å². The molecule has 0 aliphatic heterocycles. The van der Waals surface area contributed by atoms with Crippen LogP contribution < -0.4 is 0 Å². The van der Waals surface area contributed by atoms with Crippen LogP contribution in [0.2, 0.25) is 0 Å². The van der Waals surface area contributed by atoms with Gasteiger partial charge in [-0.15, -0.1) is 0 Å². The number of allylic oxidation sites excluding steroid dienone is 3. The largest absolute Gasteiger partial charge is 0.508 e. The van der Waals surface area contributed by atoms with Gasteiger partial charge in [-0.05, 0) is 29.4 Å². The summed E-state index contributed by atoms with van der Waals surface area (Å²) in [5, 5.41) is 9.45. The molecule has 1 aliphatic rings. The Morgan fingerprint density at radius 1 is 1.07 bits per heavy atom. The average Bonchev–Trinajstić information content (AvgIpc) is 2.00. The molecule has 0 fully saturated rings. The van der Waals surface area contributed by atoms with Gasteiger partial charge in [0.1, 0.15) is 5.76 Å². The van der Waals surface area contributed by atoms with Crippen molar-refractivity contribution in [1.82, 2.24) is 0 Å². The van der Waals surface area contributed by atoms with Crippen molar-refractivity contribution >= 4 is 0 Å². The van der Waals surface area contributed by atoms with Crippen molar-refractivity contribution in [3.05, 3.63) is 24.0 Å². The summed E-state index contributed by atoms with van der Waals surface area (Å²) < 4.78 is 0. The Labute approximate surface area is 93.9 Å². The van der Waals surface area contributed by atoms with Crippen molar-refractivity contribution in [3.8, 4) is 0 Å². The summed E-state index contributed by atoms with van der Waals surface area (Å²) in [7, 11) is 0. The highest BCUT2D eigenvalue weighted by molar-refractivity contribution is 5.25. The van der Waals surface area contributed by atoms with Gasteiger partial charge in [-0.2, -0.15) is 0 Å². The second-order valence-electron chi connectivity index (χ2n) is 6.64. The van der Waals surface area contributed by atoms with Crippen LogP contribution in [-0.4, -0.2) is 5.11 Å². The third-order valence-corrected chi connectivity index (χ3v) is 3.85. The van der Waals surface area contributed by atoms with Crippen LogP contribution in [0.3, 0.4) is 0 Å². The van der Waals surface area contributed by atoms with Gasteiger partial charge in [0.05, 0.1) is 0 Å². The van der Waals surface area contributed by atoms with E-state index < -0.39 is 0 Å². The lowest BCUT2D eigenvalue weighted by Gasteiger charge is -2.52. The van der Waals surface area contributed by atoms with Crippen LogP contribution >= 0.6 is 0 Å². The summed E-state index contributed by atoms with van der Waals surface area (Å²) in [6, 6.07) is 0. The third-order valence-electron chi connectivity index (χ3n) is 3.85. The molecule has 0 atom stereocenters. The zero-order chi connectivity index (χ0) is 11.9. The monoisotopic (exact) mass is 208 g/mol. The van der Waals surface area contributed by atoms with Crippen molar-refractivity contribution < 1.29 is 5.11 Å². The fourth-order valence-corrected chi connectivity index (χ4v) is 2.87. The van der Waals surface area contributed by atoms with Crippen molar-refractivity contribution in [2.24, 2.45) is 16.2 Å². The van der Waals surface area contributed by atoms with Crippen LogP contribution in [0.1, 0.15) is 48.0 Å². The average molecular weight is 208 g/mol. The molecule has 0 unspecified atom stereocenters. The number of aliphatic hydroxyl groups excluding tert-OH is 1. The van der Waals surface area contributed by atoms with Gasteiger partial charge in [0, 0.05) is 5.41 Å². The van der Waals surface area contributed by atoms with E-state index in [-0.39, 0.29) is 16.2 Å². The Morgan fingerprint density at radius 2 is 1.53 bits per heavy atom. The molecular weight excluding hydrogens is 184 g/mol. The first-order chi connectivity index (χ1) is 6.60. The van der Waals surface area contributed by atoms with Crippen LogP contribution in [0.15, 0.2) is 24.0 Å². The fourth-order valence-electron chi connectivity index (χ4n) is 2.87. The van der Waals surface area contributed by atoms with Gasteiger partial charge in [0.15, 0.2) is 0 Å². The zero-order valence-corrected chi connectivity index (χ0v) is 10.9. The molecule has 0 aromatic carbocycles. The molecule has 0 aromatic heterocycles. The molecule has 0 saturated carbocycles. The number of hydrogen-bond acceptors (Lipinski definition) is 1. The molecule has 0 spiro atoms. The van der Waals surface area contributed by atoms with Gasteiger partial charge in [0.2, 0.25) is 0 Å². The van der Waals surface area contributed by atoms with Crippen LogP contribution in [0.5, 0.6) is 0 Å². The summed E-state index contributed by atoms with van der Waals surface area (Å²) in [5.74, 6) is 0.402. The Hall–Kier alpha value is -0.720. The molecule has 1 nitrogen and oxygen atoms in total. The number of hydrogen-bond donors (Lipinski definition) is 1. The molecule has 0 bridgehead atoms. The van der Waals surface area contributed by atoms with E-state index in [2.05, 4.69) is 47.6 Å². The Kier molecular flexibility index (Phi) is 2.80. The third kappa shape index (κ3) is 1.97. The highest BCUT2D eigenvalue weighted by Crippen LogP contribution is 2.56. The topological polar surface area (TPSA) is 20.2 Å². The first-order valence-corrected chi connectivity index (χ1v) is 5.68. The van der Waals surface area contributed by atoms with Crippen LogP contribution in [-0.2, 0) is 0 Å². The maximum absolute atomic E-state index is 9.45. The minimum absolute atomic E-state index is 0.117. The van der Waals surface area contributed by atoms with Crippen molar-refractivity contribution in [2.75, 3.05) is 0 Å². The molecule has 0 amide bonds. The second kappa shape index (κ2) is 3.40. The van der Waals surface area contributed by atoms with E-state index in [0.29, 0.717) is 5.76 Å². The number of rotatable bonds is 0. The maximum Gasteiger partial charge on any atom is 0.111 e. The van der Waals surface area contributed by atoms with Crippen molar-refractivity contribution in [3.63, 3.8) is 0 Å². The van der Waals surface area contributed by atoms with Crippen LogP contribution in [0, 0.1) is 16.2 Å². The predicted octanol–water partition coefficient (Wildman–Crippen LogP) is 4.47. The highest BCUT2D eigenvalue weighted by atomic mass is 16.3. The lowest BCUT2D eigenvalue weighted by Crippen LogP contribution is -2.45. The van der Waals surface area contributed by atoms with E-state index in [1.807, 2.05) is 12.2 Å². The first-order valence-electron chi connectivity index (χ1n) is 5.68. The fraction of sp³-hybridized carbons (Fsp3) is 0.714. The van der Waals surface area contributed by atoms with E-state index in [1.165, 1.54) is 0 Å². The molecule has 0 saturated heterocycles. The summed E-state index contributed by atoms with van der Waals surface area (Å²) in [6.07, 6.45) is 6.90. The standard InChI is InChI=1S/C14H24O/c1-12(2,3)14(13(4,5)6)9-7-11(15)8-10-14/h7-9,15H,10H2,1-6H3. The van der Waals surface area contributed by atoms with Crippen LogP contribution in [0.4, 0.5) is 0 Å².